The lowest BCUT2D eigenvalue weighted by molar-refractivity contribution is -0.134. The van der Waals surface area contributed by atoms with Gasteiger partial charge in [0.15, 0.2) is 0 Å². The molecule has 1 aromatic carbocycles. The third-order valence-corrected chi connectivity index (χ3v) is 5.27. The first-order chi connectivity index (χ1) is 10.8. The molecule has 23 heavy (non-hydrogen) atoms. The predicted molar refractivity (Wildman–Crippen MR) is 98.7 cm³/mol. The molecule has 1 amide bonds. The summed E-state index contributed by atoms with van der Waals surface area (Å²) in [7, 11) is 0. The van der Waals surface area contributed by atoms with E-state index in [1.54, 1.807) is 11.3 Å². The summed E-state index contributed by atoms with van der Waals surface area (Å²) in [6.45, 7) is 2.33. The van der Waals surface area contributed by atoms with Crippen molar-refractivity contribution in [3.05, 3.63) is 57.2 Å². The van der Waals surface area contributed by atoms with Crippen LogP contribution in [0.15, 0.2) is 41.8 Å². The van der Waals surface area contributed by atoms with Crippen molar-refractivity contribution in [3.8, 4) is 0 Å². The Kier molecular flexibility index (Phi) is 6.90. The predicted octanol–water partition coefficient (Wildman–Crippen LogP) is 3.93. The van der Waals surface area contributed by atoms with Crippen molar-refractivity contribution in [2.24, 2.45) is 0 Å². The second-order valence-corrected chi connectivity index (χ2v) is 6.85. The summed E-state index contributed by atoms with van der Waals surface area (Å²) < 4.78 is 0. The summed E-state index contributed by atoms with van der Waals surface area (Å²) in [4.78, 5) is 15.9. The minimum absolute atomic E-state index is 0. The first kappa shape index (κ1) is 18.3. The van der Waals surface area contributed by atoms with Crippen LogP contribution in [0.5, 0.6) is 0 Å². The van der Waals surface area contributed by atoms with Gasteiger partial charge in [-0.25, -0.2) is 0 Å². The van der Waals surface area contributed by atoms with Gasteiger partial charge in [0.05, 0.1) is 6.04 Å². The smallest absolute Gasteiger partial charge is 0.223 e. The fourth-order valence-electron chi connectivity index (χ4n) is 2.85. The van der Waals surface area contributed by atoms with Crippen molar-refractivity contribution < 1.29 is 4.79 Å². The number of nitrogens with zero attached hydrogens (tertiary/aromatic N) is 1. The van der Waals surface area contributed by atoms with Crippen molar-refractivity contribution in [2.45, 2.75) is 18.9 Å². The summed E-state index contributed by atoms with van der Waals surface area (Å²) in [5.41, 5.74) is 1.03. The van der Waals surface area contributed by atoms with Crippen LogP contribution in [0.3, 0.4) is 0 Å². The van der Waals surface area contributed by atoms with E-state index in [1.165, 1.54) is 4.88 Å². The normalized spacial score (nSPS) is 17.6. The lowest BCUT2D eigenvalue weighted by atomic mass is 10.0. The number of piperazine rings is 1. The van der Waals surface area contributed by atoms with Gasteiger partial charge in [0.25, 0.3) is 0 Å². The van der Waals surface area contributed by atoms with E-state index in [0.29, 0.717) is 6.42 Å². The number of nitrogens with one attached hydrogen (secondary N) is 1. The highest BCUT2D eigenvalue weighted by molar-refractivity contribution is 7.09. The van der Waals surface area contributed by atoms with E-state index in [1.807, 2.05) is 35.2 Å². The molecule has 1 aliphatic rings. The molecule has 0 aliphatic carbocycles. The molecule has 3 rings (SSSR count). The summed E-state index contributed by atoms with van der Waals surface area (Å²) in [6.07, 6.45) is 1.37. The van der Waals surface area contributed by atoms with E-state index in [9.17, 15) is 4.79 Å². The maximum Gasteiger partial charge on any atom is 0.223 e. The molecule has 0 bridgehead atoms. The minimum Gasteiger partial charge on any atom is -0.333 e. The highest BCUT2D eigenvalue weighted by Gasteiger charge is 2.28. The Balaban J connectivity index is 0.00000192. The largest absolute Gasteiger partial charge is 0.333 e. The summed E-state index contributed by atoms with van der Waals surface area (Å²) in [5.74, 6) is 0.208. The molecule has 0 saturated carbocycles. The summed E-state index contributed by atoms with van der Waals surface area (Å²) in [6, 6.07) is 11.9. The Hall–Kier alpha value is -1.07. The molecule has 1 saturated heterocycles. The molecule has 2 aromatic rings. The molecular formula is C17H20Cl2N2OS. The lowest BCUT2D eigenvalue weighted by Crippen LogP contribution is -2.48. The highest BCUT2D eigenvalue weighted by Crippen LogP contribution is 2.29. The van der Waals surface area contributed by atoms with Gasteiger partial charge >= 0.3 is 0 Å². The minimum atomic E-state index is 0. The van der Waals surface area contributed by atoms with Gasteiger partial charge < -0.3 is 10.2 Å². The molecular weight excluding hydrogens is 351 g/mol. The number of rotatable bonds is 4. The number of aryl methyl sites for hydroxylation is 1. The molecule has 1 unspecified atom stereocenters. The number of halogens is 2. The number of hydrogen-bond donors (Lipinski definition) is 1. The second-order valence-electron chi connectivity index (χ2n) is 5.41. The van der Waals surface area contributed by atoms with Gasteiger partial charge in [-0.15, -0.1) is 23.7 Å². The molecule has 0 spiro atoms. The van der Waals surface area contributed by atoms with Crippen LogP contribution >= 0.6 is 35.3 Å². The van der Waals surface area contributed by atoms with Crippen LogP contribution in [0, 0.1) is 0 Å². The van der Waals surface area contributed by atoms with Gasteiger partial charge in [-0.05, 0) is 29.5 Å². The standard InChI is InChI=1S/C17H19ClN2OS.ClH/c18-15-6-2-1-5-14(15)16-12-19-9-10-20(16)17(21)8-7-13-4-3-11-22-13;/h1-6,11,16,19H,7-10,12H2;1H. The Morgan fingerprint density at radius 3 is 2.87 bits per heavy atom. The van der Waals surface area contributed by atoms with E-state index in [2.05, 4.69) is 16.8 Å². The van der Waals surface area contributed by atoms with Gasteiger partial charge in [-0.2, -0.15) is 0 Å². The number of carbonyl (C=O) groups excluding carboxylic acids is 1. The van der Waals surface area contributed by atoms with E-state index < -0.39 is 0 Å². The Morgan fingerprint density at radius 2 is 2.13 bits per heavy atom. The van der Waals surface area contributed by atoms with E-state index >= 15 is 0 Å². The molecule has 1 fully saturated rings. The Labute approximate surface area is 152 Å². The second kappa shape index (κ2) is 8.69. The van der Waals surface area contributed by atoms with Crippen LogP contribution in [-0.4, -0.2) is 30.4 Å². The van der Waals surface area contributed by atoms with Crippen molar-refractivity contribution >= 4 is 41.3 Å². The van der Waals surface area contributed by atoms with E-state index in [4.69, 9.17) is 11.6 Å². The Morgan fingerprint density at radius 1 is 1.30 bits per heavy atom. The van der Waals surface area contributed by atoms with Crippen molar-refractivity contribution in [1.82, 2.24) is 10.2 Å². The number of thiophene rings is 1. The molecule has 6 heteroatoms. The number of amides is 1. The quantitative estimate of drug-likeness (QED) is 0.883. The zero-order chi connectivity index (χ0) is 15.4. The van der Waals surface area contributed by atoms with Crippen molar-refractivity contribution in [3.63, 3.8) is 0 Å². The fraction of sp³-hybridized carbons (Fsp3) is 0.353. The maximum absolute atomic E-state index is 12.6. The zero-order valence-electron chi connectivity index (χ0n) is 12.7. The van der Waals surface area contributed by atoms with Crippen LogP contribution < -0.4 is 5.32 Å². The van der Waals surface area contributed by atoms with Gasteiger partial charge in [-0.1, -0.05) is 35.9 Å². The number of hydrogen-bond acceptors (Lipinski definition) is 3. The molecule has 0 radical (unpaired) electrons. The first-order valence-corrected chi connectivity index (χ1v) is 8.78. The average Bonchev–Trinajstić information content (AvgIpc) is 3.06. The van der Waals surface area contributed by atoms with Gasteiger partial charge in [0.1, 0.15) is 0 Å². The highest BCUT2D eigenvalue weighted by atomic mass is 35.5. The first-order valence-electron chi connectivity index (χ1n) is 7.52. The Bertz CT molecular complexity index is 633. The molecule has 1 aromatic heterocycles. The summed E-state index contributed by atoms with van der Waals surface area (Å²) >= 11 is 8.03. The fourth-order valence-corrected chi connectivity index (χ4v) is 3.83. The number of carbonyl (C=O) groups is 1. The average molecular weight is 371 g/mol. The van der Waals surface area contributed by atoms with Crippen LogP contribution in [0.1, 0.15) is 22.9 Å². The van der Waals surface area contributed by atoms with Gasteiger partial charge in [0.2, 0.25) is 5.91 Å². The van der Waals surface area contributed by atoms with E-state index in [0.717, 1.165) is 36.6 Å². The SMILES string of the molecule is Cl.O=C(CCc1cccs1)N1CCNCC1c1ccccc1Cl. The molecule has 3 nitrogen and oxygen atoms in total. The zero-order valence-corrected chi connectivity index (χ0v) is 15.1. The third-order valence-electron chi connectivity index (χ3n) is 3.99. The van der Waals surface area contributed by atoms with Gasteiger partial charge in [-0.3, -0.25) is 4.79 Å². The maximum atomic E-state index is 12.6. The van der Waals surface area contributed by atoms with E-state index in [-0.39, 0.29) is 24.4 Å². The van der Waals surface area contributed by atoms with Crippen LogP contribution in [0.2, 0.25) is 5.02 Å². The molecule has 1 aliphatic heterocycles. The van der Waals surface area contributed by atoms with Crippen LogP contribution in [0.25, 0.3) is 0 Å². The third kappa shape index (κ3) is 4.48. The molecule has 124 valence electrons. The van der Waals surface area contributed by atoms with Crippen molar-refractivity contribution in [2.75, 3.05) is 19.6 Å². The monoisotopic (exact) mass is 370 g/mol. The summed E-state index contributed by atoms with van der Waals surface area (Å²) in [5, 5.41) is 6.15. The number of benzene rings is 1. The van der Waals surface area contributed by atoms with Crippen LogP contribution in [-0.2, 0) is 11.2 Å². The van der Waals surface area contributed by atoms with Crippen LogP contribution in [0.4, 0.5) is 0 Å². The molecule has 1 atom stereocenters. The van der Waals surface area contributed by atoms with Gasteiger partial charge in [0, 0.05) is 36.0 Å². The van der Waals surface area contributed by atoms with Crippen molar-refractivity contribution in [1.29, 1.82) is 0 Å². The molecule has 2 heterocycles. The molecule has 1 N–H and O–H groups in total. The topological polar surface area (TPSA) is 32.3 Å². The lowest BCUT2D eigenvalue weighted by Gasteiger charge is -2.37.